The molecule has 12 heteroatoms. The van der Waals surface area contributed by atoms with Gasteiger partial charge in [-0.2, -0.15) is 0 Å². The van der Waals surface area contributed by atoms with Crippen LogP contribution in [0.25, 0.3) is 0 Å². The second-order valence-corrected chi connectivity index (χ2v) is 13.7. The van der Waals surface area contributed by atoms with Crippen LogP contribution in [-0.4, -0.2) is 64.0 Å². The van der Waals surface area contributed by atoms with Crippen molar-refractivity contribution < 1.29 is 32.3 Å². The Morgan fingerprint density at radius 1 is 1.25 bits per heavy atom. The summed E-state index contributed by atoms with van der Waals surface area (Å²) in [6.45, 7) is 0.755. The van der Waals surface area contributed by atoms with E-state index in [2.05, 4.69) is 21.4 Å². The smallest absolute Gasteiger partial charge is 0.254 e. The molecule has 1 aromatic carbocycles. The van der Waals surface area contributed by atoms with Crippen LogP contribution in [-0.2, 0) is 29.0 Å². The number of benzene rings is 1. The van der Waals surface area contributed by atoms with E-state index >= 15 is 0 Å². The summed E-state index contributed by atoms with van der Waals surface area (Å²) >= 11 is 4.69. The number of halogens is 1. The monoisotopic (exact) mass is 600 g/mol. The van der Waals surface area contributed by atoms with E-state index in [-0.39, 0.29) is 37.6 Å². The molecule has 2 unspecified atom stereocenters. The van der Waals surface area contributed by atoms with Crippen molar-refractivity contribution >= 4 is 48.9 Å². The minimum atomic E-state index is -3.84. The van der Waals surface area contributed by atoms with Gasteiger partial charge in [0.25, 0.3) is 5.91 Å². The van der Waals surface area contributed by atoms with Gasteiger partial charge in [0.1, 0.15) is 10.5 Å². The highest BCUT2D eigenvalue weighted by molar-refractivity contribution is 9.11. The van der Waals surface area contributed by atoms with Crippen LogP contribution in [0.1, 0.15) is 47.3 Å². The van der Waals surface area contributed by atoms with Crippen LogP contribution in [0, 0.1) is 0 Å². The minimum Gasteiger partial charge on any atom is -0.497 e. The van der Waals surface area contributed by atoms with Crippen LogP contribution in [0.5, 0.6) is 5.75 Å². The van der Waals surface area contributed by atoms with Crippen LogP contribution in [0.2, 0.25) is 0 Å². The van der Waals surface area contributed by atoms with Gasteiger partial charge in [-0.25, -0.2) is 18.7 Å². The van der Waals surface area contributed by atoms with Gasteiger partial charge in [0, 0.05) is 36.6 Å². The van der Waals surface area contributed by atoms with Gasteiger partial charge in [-0.1, -0.05) is 6.07 Å². The van der Waals surface area contributed by atoms with E-state index in [1.54, 1.807) is 36.4 Å². The van der Waals surface area contributed by atoms with Crippen molar-refractivity contribution in [1.29, 1.82) is 0 Å². The van der Waals surface area contributed by atoms with Crippen molar-refractivity contribution in [3.63, 3.8) is 0 Å². The minimum absolute atomic E-state index is 0.0285. The first-order chi connectivity index (χ1) is 17.2. The van der Waals surface area contributed by atoms with E-state index in [0.717, 1.165) is 16.6 Å². The summed E-state index contributed by atoms with van der Waals surface area (Å²) in [5, 5.41) is 0. The fraction of sp³-hybridized carbons (Fsp3) is 0.500. The van der Waals surface area contributed by atoms with E-state index < -0.39 is 26.8 Å². The van der Waals surface area contributed by atoms with E-state index in [1.807, 2.05) is 0 Å². The lowest BCUT2D eigenvalue weighted by Crippen LogP contribution is -2.43. The first-order valence-corrected chi connectivity index (χ1v) is 15.0. The third kappa shape index (κ3) is 5.94. The van der Waals surface area contributed by atoms with E-state index in [0.29, 0.717) is 29.2 Å². The molecule has 0 radical (unpaired) electrons. The number of hydrogen-bond acceptors (Lipinski definition) is 8. The number of ether oxygens (including phenoxy) is 2. The summed E-state index contributed by atoms with van der Waals surface area (Å²) in [4.78, 5) is 33.7. The molecule has 4 rings (SSSR count). The highest BCUT2D eigenvalue weighted by Gasteiger charge is 2.50. The van der Waals surface area contributed by atoms with Crippen molar-refractivity contribution in [1.82, 2.24) is 10.4 Å². The number of hydrogen-bond donors (Lipinski definition) is 1. The highest BCUT2D eigenvalue weighted by Crippen LogP contribution is 2.44. The van der Waals surface area contributed by atoms with Crippen LogP contribution < -0.4 is 10.2 Å². The zero-order chi connectivity index (χ0) is 25.8. The van der Waals surface area contributed by atoms with Crippen molar-refractivity contribution in [2.75, 3.05) is 32.6 Å². The second kappa shape index (κ2) is 11.6. The Morgan fingerprint density at radius 2 is 2.08 bits per heavy atom. The highest BCUT2D eigenvalue weighted by atomic mass is 79.9. The maximum absolute atomic E-state index is 13.8. The fourth-order valence-electron chi connectivity index (χ4n) is 4.50. The topological polar surface area (TPSA) is 111 Å². The van der Waals surface area contributed by atoms with Gasteiger partial charge in [-0.3, -0.25) is 9.59 Å². The van der Waals surface area contributed by atoms with Crippen molar-refractivity contribution in [2.24, 2.45) is 0 Å². The van der Waals surface area contributed by atoms with E-state index in [4.69, 9.17) is 14.3 Å². The van der Waals surface area contributed by atoms with E-state index in [1.165, 1.54) is 23.3 Å². The van der Waals surface area contributed by atoms with Gasteiger partial charge < -0.3 is 14.4 Å². The molecule has 2 atom stereocenters. The maximum atomic E-state index is 13.8. The summed E-state index contributed by atoms with van der Waals surface area (Å²) < 4.78 is 37.5. The Kier molecular flexibility index (Phi) is 8.71. The number of nitrogens with zero attached hydrogens (tertiary/aromatic N) is 1. The fourth-order valence-corrected chi connectivity index (χ4v) is 8.49. The summed E-state index contributed by atoms with van der Waals surface area (Å²) in [5.74, 6) is -0.558. The number of hydroxylamine groups is 1. The Bertz CT molecular complexity index is 1200. The third-order valence-electron chi connectivity index (χ3n) is 6.53. The molecule has 2 amide bonds. The van der Waals surface area contributed by atoms with Gasteiger partial charge in [0.05, 0.1) is 23.1 Å². The molecule has 1 aromatic heterocycles. The number of carbonyl (C=O) groups is 2. The predicted octanol–water partition coefficient (Wildman–Crippen LogP) is 3.64. The number of sulfone groups is 1. The zero-order valence-electron chi connectivity index (χ0n) is 19.9. The molecule has 2 aromatic rings. The van der Waals surface area contributed by atoms with Crippen LogP contribution in [0.3, 0.4) is 0 Å². The lowest BCUT2D eigenvalue weighted by atomic mass is 9.97. The lowest BCUT2D eigenvalue weighted by molar-refractivity contribution is -0.200. The quantitative estimate of drug-likeness (QED) is 0.483. The number of thiophene rings is 1. The SMILES string of the molecule is COc1cccc(C(=O)N2CCC(CC(=O)NOC3CCCCO3)(c3ccc(Br)s3)S(=O)(=O)CC2)c1. The summed E-state index contributed by atoms with van der Waals surface area (Å²) in [5.41, 5.74) is 2.82. The van der Waals surface area contributed by atoms with E-state index in [9.17, 15) is 18.0 Å². The molecular weight excluding hydrogens is 572 g/mol. The molecule has 9 nitrogen and oxygen atoms in total. The number of carbonyl (C=O) groups excluding carboxylic acids is 2. The Labute approximate surface area is 223 Å². The Morgan fingerprint density at radius 3 is 2.78 bits per heavy atom. The Balaban J connectivity index is 1.57. The average Bonchev–Trinajstić information content (AvgIpc) is 3.28. The summed E-state index contributed by atoms with van der Waals surface area (Å²) in [6, 6.07) is 10.3. The molecule has 0 saturated carbocycles. The predicted molar refractivity (Wildman–Crippen MR) is 138 cm³/mol. The molecule has 36 heavy (non-hydrogen) atoms. The number of methoxy groups -OCH3 is 1. The first-order valence-electron chi connectivity index (χ1n) is 11.7. The average molecular weight is 602 g/mol. The van der Waals surface area contributed by atoms with Gasteiger partial charge in [0.15, 0.2) is 16.1 Å². The zero-order valence-corrected chi connectivity index (χ0v) is 23.1. The normalized spacial score (nSPS) is 24.1. The summed E-state index contributed by atoms with van der Waals surface area (Å²) in [7, 11) is -2.32. The molecule has 0 bridgehead atoms. The van der Waals surface area contributed by atoms with Crippen LogP contribution >= 0.6 is 27.3 Å². The number of amides is 2. The molecule has 2 aliphatic heterocycles. The molecule has 2 fully saturated rings. The maximum Gasteiger partial charge on any atom is 0.254 e. The van der Waals surface area contributed by atoms with Crippen molar-refractivity contribution in [3.05, 3.63) is 50.6 Å². The molecule has 0 spiro atoms. The summed E-state index contributed by atoms with van der Waals surface area (Å²) in [6.07, 6.45) is 1.73. The van der Waals surface area contributed by atoms with Gasteiger partial charge >= 0.3 is 0 Å². The molecule has 196 valence electrons. The number of nitrogens with one attached hydrogen (secondary N) is 1. The first kappa shape index (κ1) is 27.1. The van der Waals surface area contributed by atoms with Crippen LogP contribution in [0.15, 0.2) is 40.2 Å². The van der Waals surface area contributed by atoms with Gasteiger partial charge in [0.2, 0.25) is 5.91 Å². The molecular formula is C24H29BrN2O7S2. The Hall–Kier alpha value is -1.99. The lowest BCUT2D eigenvalue weighted by Gasteiger charge is -2.31. The largest absolute Gasteiger partial charge is 0.497 e. The molecule has 2 aliphatic rings. The van der Waals surface area contributed by atoms with Crippen molar-refractivity contribution in [2.45, 2.75) is 43.1 Å². The molecule has 3 heterocycles. The molecule has 1 N–H and O–H groups in total. The van der Waals surface area contributed by atoms with Gasteiger partial charge in [-0.15, -0.1) is 11.3 Å². The molecule has 0 aliphatic carbocycles. The second-order valence-electron chi connectivity index (χ2n) is 8.81. The number of rotatable bonds is 7. The third-order valence-corrected chi connectivity index (χ3v) is 11.0. The van der Waals surface area contributed by atoms with Crippen LogP contribution in [0.4, 0.5) is 0 Å². The standard InChI is InChI=1S/C24H29BrN2O7S2/c1-32-18-6-4-5-17(15-18)23(29)27-11-10-24(36(30,31)14-12-27,19-8-9-20(25)35-19)16-21(28)26-34-22-7-2-3-13-33-22/h4-6,8-9,15,22H,2-3,7,10-14,16H2,1H3,(H,26,28). The van der Waals surface area contributed by atoms with Crippen molar-refractivity contribution in [3.8, 4) is 5.75 Å². The molecule has 2 saturated heterocycles. The van der Waals surface area contributed by atoms with Gasteiger partial charge in [-0.05, 0) is 65.5 Å².